The number of ether oxygens (including phenoxy) is 1. The summed E-state index contributed by atoms with van der Waals surface area (Å²) >= 11 is 0. The van der Waals surface area contributed by atoms with Crippen molar-refractivity contribution in [2.24, 2.45) is 0 Å². The van der Waals surface area contributed by atoms with Crippen LogP contribution < -0.4 is 4.74 Å². The van der Waals surface area contributed by atoms with Crippen LogP contribution in [0.2, 0.25) is 0 Å². The Morgan fingerprint density at radius 3 is 2.48 bits per heavy atom. The lowest BCUT2D eigenvalue weighted by atomic mass is 10.1. The first-order chi connectivity index (χ1) is 11.2. The van der Waals surface area contributed by atoms with Crippen LogP contribution in [0.15, 0.2) is 42.7 Å². The minimum atomic E-state index is -0.212. The van der Waals surface area contributed by atoms with E-state index in [-0.39, 0.29) is 5.82 Å². The summed E-state index contributed by atoms with van der Waals surface area (Å²) in [5, 5.41) is 0. The molecule has 1 aliphatic heterocycles. The van der Waals surface area contributed by atoms with Crippen molar-refractivity contribution in [3.8, 4) is 5.75 Å². The van der Waals surface area contributed by atoms with Crippen LogP contribution in [0.1, 0.15) is 11.1 Å². The molecule has 1 saturated heterocycles. The van der Waals surface area contributed by atoms with Gasteiger partial charge < -0.3 is 4.74 Å². The molecule has 1 fully saturated rings. The smallest absolute Gasteiger partial charge is 0.123 e. The van der Waals surface area contributed by atoms with Crippen molar-refractivity contribution in [1.29, 1.82) is 0 Å². The second-order valence-corrected chi connectivity index (χ2v) is 5.87. The number of piperazine rings is 1. The van der Waals surface area contributed by atoms with Gasteiger partial charge in [-0.3, -0.25) is 14.8 Å². The van der Waals surface area contributed by atoms with Crippen molar-refractivity contribution in [2.75, 3.05) is 33.3 Å². The van der Waals surface area contributed by atoms with Gasteiger partial charge in [-0.1, -0.05) is 6.07 Å². The number of nitrogens with zero attached hydrogens (tertiary/aromatic N) is 3. The van der Waals surface area contributed by atoms with Gasteiger partial charge in [-0.15, -0.1) is 0 Å². The summed E-state index contributed by atoms with van der Waals surface area (Å²) in [6.45, 7) is 5.62. The highest BCUT2D eigenvalue weighted by molar-refractivity contribution is 5.33. The highest BCUT2D eigenvalue weighted by Gasteiger charge is 2.18. The summed E-state index contributed by atoms with van der Waals surface area (Å²) in [7, 11) is 1.63. The zero-order valence-electron chi connectivity index (χ0n) is 13.4. The highest BCUT2D eigenvalue weighted by Crippen LogP contribution is 2.21. The summed E-state index contributed by atoms with van der Waals surface area (Å²) in [5.41, 5.74) is 2.15. The maximum Gasteiger partial charge on any atom is 0.123 e. The zero-order valence-corrected chi connectivity index (χ0v) is 13.4. The first-order valence-electron chi connectivity index (χ1n) is 7.90. The quantitative estimate of drug-likeness (QED) is 0.848. The molecule has 0 atom stereocenters. The number of pyridine rings is 1. The SMILES string of the molecule is COc1ccc(F)cc1CN1CCN(Cc2cccnc2)CC1. The molecule has 1 aromatic carbocycles. The van der Waals surface area contributed by atoms with E-state index in [1.54, 1.807) is 25.4 Å². The molecule has 122 valence electrons. The molecule has 0 bridgehead atoms. The van der Waals surface area contributed by atoms with Crippen LogP contribution >= 0.6 is 0 Å². The Morgan fingerprint density at radius 1 is 1.09 bits per heavy atom. The van der Waals surface area contributed by atoms with Crippen LogP contribution in [-0.4, -0.2) is 48.1 Å². The van der Waals surface area contributed by atoms with Crippen LogP contribution in [0.4, 0.5) is 4.39 Å². The van der Waals surface area contributed by atoms with Gasteiger partial charge in [0.1, 0.15) is 11.6 Å². The third-order valence-electron chi connectivity index (χ3n) is 4.23. The molecule has 0 saturated carbocycles. The number of hydrogen-bond donors (Lipinski definition) is 0. The van der Waals surface area contributed by atoms with Gasteiger partial charge >= 0.3 is 0 Å². The minimum Gasteiger partial charge on any atom is -0.496 e. The van der Waals surface area contributed by atoms with Gasteiger partial charge in [0.15, 0.2) is 0 Å². The second kappa shape index (κ2) is 7.53. The van der Waals surface area contributed by atoms with Crippen molar-refractivity contribution in [3.63, 3.8) is 0 Å². The molecule has 3 rings (SSSR count). The van der Waals surface area contributed by atoms with Crippen molar-refractivity contribution in [2.45, 2.75) is 13.1 Å². The molecule has 1 aromatic heterocycles. The Morgan fingerprint density at radius 2 is 1.83 bits per heavy atom. The highest BCUT2D eigenvalue weighted by atomic mass is 19.1. The molecule has 0 aliphatic carbocycles. The normalized spacial score (nSPS) is 16.4. The summed E-state index contributed by atoms with van der Waals surface area (Å²) < 4.78 is 18.8. The number of aromatic nitrogens is 1. The van der Waals surface area contributed by atoms with Gasteiger partial charge in [-0.05, 0) is 29.8 Å². The molecule has 2 aromatic rings. The molecule has 0 unspecified atom stereocenters. The van der Waals surface area contributed by atoms with Crippen molar-refractivity contribution in [3.05, 3.63) is 59.7 Å². The van der Waals surface area contributed by atoms with Crippen LogP contribution in [0.25, 0.3) is 0 Å². The number of hydrogen-bond acceptors (Lipinski definition) is 4. The van der Waals surface area contributed by atoms with E-state index in [0.29, 0.717) is 0 Å². The van der Waals surface area contributed by atoms with E-state index < -0.39 is 0 Å². The Balaban J connectivity index is 1.54. The molecule has 2 heterocycles. The maximum absolute atomic E-state index is 13.5. The van der Waals surface area contributed by atoms with E-state index >= 15 is 0 Å². The predicted octanol–water partition coefficient (Wildman–Crippen LogP) is 2.55. The Kier molecular flexibility index (Phi) is 5.20. The van der Waals surface area contributed by atoms with Crippen molar-refractivity contribution < 1.29 is 9.13 Å². The lowest BCUT2D eigenvalue weighted by Crippen LogP contribution is -2.45. The second-order valence-electron chi connectivity index (χ2n) is 5.87. The topological polar surface area (TPSA) is 28.6 Å². The van der Waals surface area contributed by atoms with E-state index in [9.17, 15) is 4.39 Å². The molecule has 0 radical (unpaired) electrons. The monoisotopic (exact) mass is 315 g/mol. The first kappa shape index (κ1) is 15.9. The molecular formula is C18H22FN3O. The van der Waals surface area contributed by atoms with Crippen LogP contribution in [0.5, 0.6) is 5.75 Å². The zero-order chi connectivity index (χ0) is 16.1. The third kappa shape index (κ3) is 4.27. The summed E-state index contributed by atoms with van der Waals surface area (Å²) in [4.78, 5) is 8.93. The van der Waals surface area contributed by atoms with E-state index in [4.69, 9.17) is 4.74 Å². The third-order valence-corrected chi connectivity index (χ3v) is 4.23. The van der Waals surface area contributed by atoms with Gasteiger partial charge in [-0.2, -0.15) is 0 Å². The van der Waals surface area contributed by atoms with Gasteiger partial charge in [0, 0.05) is 57.2 Å². The summed E-state index contributed by atoms with van der Waals surface area (Å²) in [5.74, 6) is 0.542. The molecule has 1 aliphatic rings. The Hall–Kier alpha value is -1.98. The van der Waals surface area contributed by atoms with Gasteiger partial charge in [-0.25, -0.2) is 4.39 Å². The van der Waals surface area contributed by atoms with Gasteiger partial charge in [0.2, 0.25) is 0 Å². The molecule has 5 heteroatoms. The van der Waals surface area contributed by atoms with Crippen LogP contribution in [-0.2, 0) is 13.1 Å². The fourth-order valence-electron chi connectivity index (χ4n) is 2.97. The fraction of sp³-hybridized carbons (Fsp3) is 0.389. The number of benzene rings is 1. The molecular weight excluding hydrogens is 293 g/mol. The minimum absolute atomic E-state index is 0.212. The molecule has 0 spiro atoms. The summed E-state index contributed by atoms with van der Waals surface area (Å²) in [6, 6.07) is 8.79. The number of halogens is 1. The molecule has 23 heavy (non-hydrogen) atoms. The van der Waals surface area contributed by atoms with Crippen LogP contribution in [0, 0.1) is 5.82 Å². The average molecular weight is 315 g/mol. The average Bonchev–Trinajstić information content (AvgIpc) is 2.58. The molecule has 0 N–H and O–H groups in total. The van der Waals surface area contributed by atoms with Gasteiger partial charge in [0.05, 0.1) is 7.11 Å². The lowest BCUT2D eigenvalue weighted by molar-refractivity contribution is 0.121. The molecule has 4 nitrogen and oxygen atoms in total. The lowest BCUT2D eigenvalue weighted by Gasteiger charge is -2.34. The summed E-state index contributed by atoms with van der Waals surface area (Å²) in [6.07, 6.45) is 3.72. The fourth-order valence-corrected chi connectivity index (χ4v) is 2.97. The standard InChI is InChI=1S/C18H22FN3O/c1-23-18-5-4-17(19)11-16(18)14-22-9-7-21(8-10-22)13-15-3-2-6-20-12-15/h2-6,11-12H,7-10,13-14H2,1H3. The largest absolute Gasteiger partial charge is 0.496 e. The predicted molar refractivity (Wildman–Crippen MR) is 87.7 cm³/mol. The van der Waals surface area contributed by atoms with Crippen molar-refractivity contribution in [1.82, 2.24) is 14.8 Å². The Labute approximate surface area is 136 Å². The van der Waals surface area contributed by atoms with E-state index in [2.05, 4.69) is 20.9 Å². The van der Waals surface area contributed by atoms with E-state index in [1.807, 2.05) is 12.3 Å². The number of rotatable bonds is 5. The Bertz CT molecular complexity index is 627. The van der Waals surface area contributed by atoms with Gasteiger partial charge in [0.25, 0.3) is 0 Å². The molecule has 0 amide bonds. The van der Waals surface area contributed by atoms with Crippen LogP contribution in [0.3, 0.4) is 0 Å². The van der Waals surface area contributed by atoms with Crippen molar-refractivity contribution >= 4 is 0 Å². The maximum atomic E-state index is 13.5. The number of methoxy groups -OCH3 is 1. The first-order valence-corrected chi connectivity index (χ1v) is 7.90. The van der Waals surface area contributed by atoms with E-state index in [1.165, 1.54) is 11.6 Å². The van der Waals surface area contributed by atoms with E-state index in [0.717, 1.165) is 50.6 Å².